The first kappa shape index (κ1) is 16.2. The summed E-state index contributed by atoms with van der Waals surface area (Å²) in [6, 6.07) is 0. The molecule has 1 aromatic rings. The summed E-state index contributed by atoms with van der Waals surface area (Å²) in [5, 5.41) is 7.71. The van der Waals surface area contributed by atoms with Crippen LogP contribution in [0.15, 0.2) is 12.4 Å². The summed E-state index contributed by atoms with van der Waals surface area (Å²) < 4.78 is 6.94. The maximum absolute atomic E-state index is 5.06. The van der Waals surface area contributed by atoms with Gasteiger partial charge in [0, 0.05) is 26.9 Å². The van der Waals surface area contributed by atoms with Gasteiger partial charge < -0.3 is 10.1 Å². The van der Waals surface area contributed by atoms with Crippen LogP contribution in [0, 0.1) is 11.8 Å². The van der Waals surface area contributed by atoms with Crippen molar-refractivity contribution in [2.45, 2.75) is 33.1 Å². The molecule has 0 aliphatic carbocycles. The molecule has 110 valence electrons. The van der Waals surface area contributed by atoms with Crippen LogP contribution in [0.1, 0.15) is 32.3 Å². The summed E-state index contributed by atoms with van der Waals surface area (Å²) in [6.45, 7) is 7.41. The Hall–Kier alpha value is -0.870. The molecule has 0 saturated heterocycles. The van der Waals surface area contributed by atoms with E-state index >= 15 is 0 Å². The number of nitrogens with zero attached hydrogens (tertiary/aromatic N) is 2. The minimum Gasteiger partial charge on any atom is -0.383 e. The van der Waals surface area contributed by atoms with Gasteiger partial charge in [0.1, 0.15) is 0 Å². The molecule has 1 N–H and O–H groups in total. The lowest BCUT2D eigenvalue weighted by atomic mass is 9.92. The molecule has 0 amide bonds. The first-order valence-electron chi connectivity index (χ1n) is 7.29. The third-order valence-corrected chi connectivity index (χ3v) is 3.32. The number of hydrogen-bond acceptors (Lipinski definition) is 3. The molecule has 4 heteroatoms. The molecule has 1 rings (SSSR count). The van der Waals surface area contributed by atoms with Crippen molar-refractivity contribution in [2.75, 3.05) is 26.8 Å². The first-order chi connectivity index (χ1) is 9.11. The molecule has 0 radical (unpaired) electrons. The van der Waals surface area contributed by atoms with Crippen molar-refractivity contribution in [1.82, 2.24) is 15.1 Å². The maximum Gasteiger partial charge on any atom is 0.0587 e. The van der Waals surface area contributed by atoms with E-state index in [0.29, 0.717) is 0 Å². The number of aryl methyl sites for hydroxylation is 2. The molecule has 1 heterocycles. The summed E-state index contributed by atoms with van der Waals surface area (Å²) in [7, 11) is 3.72. The van der Waals surface area contributed by atoms with Gasteiger partial charge in [-0.05, 0) is 43.2 Å². The van der Waals surface area contributed by atoms with E-state index < -0.39 is 0 Å². The van der Waals surface area contributed by atoms with E-state index in [1.165, 1.54) is 18.4 Å². The second-order valence-electron chi connectivity index (χ2n) is 5.75. The maximum atomic E-state index is 5.06. The molecule has 0 spiro atoms. The van der Waals surface area contributed by atoms with Crippen LogP contribution in [0.5, 0.6) is 0 Å². The topological polar surface area (TPSA) is 39.1 Å². The SMILES string of the molecule is COCCNCC(CCc1cnn(C)c1)CC(C)C. The molecule has 1 aromatic heterocycles. The average Bonchev–Trinajstić information content (AvgIpc) is 2.76. The Labute approximate surface area is 117 Å². The second kappa shape index (κ2) is 9.10. The molecule has 0 bridgehead atoms. The van der Waals surface area contributed by atoms with Crippen LogP contribution in [-0.4, -0.2) is 36.6 Å². The molecule has 19 heavy (non-hydrogen) atoms. The van der Waals surface area contributed by atoms with Crippen LogP contribution >= 0.6 is 0 Å². The largest absolute Gasteiger partial charge is 0.383 e. The standard InChI is InChI=1S/C15H29N3O/c1-13(2)9-14(10-16-7-8-19-4)5-6-15-11-17-18(3)12-15/h11-14,16H,5-10H2,1-4H3. The Balaban J connectivity index is 2.31. The zero-order chi connectivity index (χ0) is 14.1. The molecule has 4 nitrogen and oxygen atoms in total. The third kappa shape index (κ3) is 7.33. The highest BCUT2D eigenvalue weighted by atomic mass is 16.5. The van der Waals surface area contributed by atoms with Crippen molar-refractivity contribution >= 4 is 0 Å². The van der Waals surface area contributed by atoms with Gasteiger partial charge in [-0.2, -0.15) is 5.10 Å². The molecular formula is C15H29N3O. The van der Waals surface area contributed by atoms with Gasteiger partial charge in [-0.15, -0.1) is 0 Å². The number of methoxy groups -OCH3 is 1. The van der Waals surface area contributed by atoms with Gasteiger partial charge in [-0.25, -0.2) is 0 Å². The van der Waals surface area contributed by atoms with E-state index in [-0.39, 0.29) is 0 Å². The average molecular weight is 267 g/mol. The van der Waals surface area contributed by atoms with Crippen molar-refractivity contribution < 1.29 is 4.74 Å². The summed E-state index contributed by atoms with van der Waals surface area (Å²) in [4.78, 5) is 0. The van der Waals surface area contributed by atoms with Crippen LogP contribution in [0.4, 0.5) is 0 Å². The number of aromatic nitrogens is 2. The Morgan fingerprint density at radius 2 is 2.21 bits per heavy atom. The lowest BCUT2D eigenvalue weighted by molar-refractivity contribution is 0.196. The van der Waals surface area contributed by atoms with E-state index in [4.69, 9.17) is 4.74 Å². The Morgan fingerprint density at radius 1 is 1.42 bits per heavy atom. The van der Waals surface area contributed by atoms with Gasteiger partial charge in [0.2, 0.25) is 0 Å². The monoisotopic (exact) mass is 267 g/mol. The van der Waals surface area contributed by atoms with Crippen molar-refractivity contribution in [3.05, 3.63) is 18.0 Å². The van der Waals surface area contributed by atoms with Crippen LogP contribution in [0.3, 0.4) is 0 Å². The fourth-order valence-corrected chi connectivity index (χ4v) is 2.42. The van der Waals surface area contributed by atoms with Gasteiger partial charge in [-0.1, -0.05) is 13.8 Å². The third-order valence-electron chi connectivity index (χ3n) is 3.32. The fourth-order valence-electron chi connectivity index (χ4n) is 2.42. The van der Waals surface area contributed by atoms with Crippen molar-refractivity contribution in [1.29, 1.82) is 0 Å². The molecule has 1 atom stereocenters. The number of rotatable bonds is 10. The van der Waals surface area contributed by atoms with E-state index in [2.05, 4.69) is 30.5 Å². The molecule has 0 fully saturated rings. The van der Waals surface area contributed by atoms with Crippen LogP contribution in [0.2, 0.25) is 0 Å². The fraction of sp³-hybridized carbons (Fsp3) is 0.800. The van der Waals surface area contributed by atoms with Gasteiger partial charge in [0.05, 0.1) is 12.8 Å². The Bertz CT molecular complexity index is 336. The van der Waals surface area contributed by atoms with Crippen molar-refractivity contribution in [2.24, 2.45) is 18.9 Å². The van der Waals surface area contributed by atoms with Crippen LogP contribution < -0.4 is 5.32 Å². The van der Waals surface area contributed by atoms with Gasteiger partial charge in [-0.3, -0.25) is 4.68 Å². The highest BCUT2D eigenvalue weighted by Crippen LogP contribution is 2.17. The Morgan fingerprint density at radius 3 is 2.79 bits per heavy atom. The smallest absolute Gasteiger partial charge is 0.0587 e. The predicted molar refractivity (Wildman–Crippen MR) is 79.2 cm³/mol. The number of nitrogens with one attached hydrogen (secondary N) is 1. The zero-order valence-corrected chi connectivity index (χ0v) is 12.9. The molecule has 0 aliphatic heterocycles. The molecule has 0 aliphatic rings. The number of hydrogen-bond donors (Lipinski definition) is 1. The lowest BCUT2D eigenvalue weighted by Gasteiger charge is -2.19. The van der Waals surface area contributed by atoms with E-state index in [1.807, 2.05) is 17.9 Å². The molecule has 0 saturated carbocycles. The summed E-state index contributed by atoms with van der Waals surface area (Å²) in [6.07, 6.45) is 7.72. The zero-order valence-electron chi connectivity index (χ0n) is 12.9. The minimum absolute atomic E-state index is 0.733. The quantitative estimate of drug-likeness (QED) is 0.661. The van der Waals surface area contributed by atoms with Gasteiger partial charge in [0.15, 0.2) is 0 Å². The van der Waals surface area contributed by atoms with E-state index in [9.17, 15) is 0 Å². The molecule has 0 aromatic carbocycles. The summed E-state index contributed by atoms with van der Waals surface area (Å²) in [5.41, 5.74) is 1.34. The molecule has 1 unspecified atom stereocenters. The van der Waals surface area contributed by atoms with Crippen LogP contribution in [-0.2, 0) is 18.2 Å². The number of ether oxygens (including phenoxy) is 1. The van der Waals surface area contributed by atoms with E-state index in [0.717, 1.165) is 38.0 Å². The second-order valence-corrected chi connectivity index (χ2v) is 5.75. The highest BCUT2D eigenvalue weighted by molar-refractivity contribution is 5.03. The van der Waals surface area contributed by atoms with Gasteiger partial charge in [0.25, 0.3) is 0 Å². The van der Waals surface area contributed by atoms with Gasteiger partial charge >= 0.3 is 0 Å². The van der Waals surface area contributed by atoms with E-state index in [1.54, 1.807) is 7.11 Å². The summed E-state index contributed by atoms with van der Waals surface area (Å²) >= 11 is 0. The Kier molecular flexibility index (Phi) is 7.75. The summed E-state index contributed by atoms with van der Waals surface area (Å²) in [5.74, 6) is 1.49. The van der Waals surface area contributed by atoms with Crippen LogP contribution in [0.25, 0.3) is 0 Å². The van der Waals surface area contributed by atoms with Crippen molar-refractivity contribution in [3.8, 4) is 0 Å². The lowest BCUT2D eigenvalue weighted by Crippen LogP contribution is -2.27. The highest BCUT2D eigenvalue weighted by Gasteiger charge is 2.11. The normalized spacial score (nSPS) is 13.1. The minimum atomic E-state index is 0.733. The predicted octanol–water partition coefficient (Wildman–Crippen LogP) is 2.25. The molecular weight excluding hydrogens is 238 g/mol. The first-order valence-corrected chi connectivity index (χ1v) is 7.29. The van der Waals surface area contributed by atoms with Crippen molar-refractivity contribution in [3.63, 3.8) is 0 Å².